The largest absolute Gasteiger partial charge is 0.495 e. The number of hydrogen-bond acceptors (Lipinski definition) is 7. The molecule has 32 heavy (non-hydrogen) atoms. The molecule has 8 heteroatoms. The molecule has 7 nitrogen and oxygen atoms in total. The van der Waals surface area contributed by atoms with E-state index in [4.69, 9.17) is 14.5 Å². The van der Waals surface area contributed by atoms with Crippen LogP contribution in [0, 0.1) is 5.92 Å². The van der Waals surface area contributed by atoms with Gasteiger partial charge in [0, 0.05) is 31.1 Å². The molecule has 2 fully saturated rings. The Kier molecular flexibility index (Phi) is 8.32. The number of morpholine rings is 1. The SMILES string of the molecule is CCN(CC)C1CCC(C(=O)NC2=NC3=C(OC)C=CCC(N4CCOCC4)C3S2)CC1. The Morgan fingerprint density at radius 1 is 1.25 bits per heavy atom. The molecular formula is C24H38N4O3S. The number of carbonyl (C=O) groups is 1. The van der Waals surface area contributed by atoms with Crippen molar-refractivity contribution < 1.29 is 14.3 Å². The van der Waals surface area contributed by atoms with Crippen LogP contribution in [0.25, 0.3) is 0 Å². The third-order valence-electron chi connectivity index (χ3n) is 7.34. The quantitative estimate of drug-likeness (QED) is 0.655. The monoisotopic (exact) mass is 462 g/mol. The molecule has 2 atom stereocenters. The summed E-state index contributed by atoms with van der Waals surface area (Å²) in [5.41, 5.74) is 0.947. The maximum absolute atomic E-state index is 13.1. The van der Waals surface area contributed by atoms with Gasteiger partial charge in [0.05, 0.1) is 25.6 Å². The zero-order valence-electron chi connectivity index (χ0n) is 19.7. The van der Waals surface area contributed by atoms with Gasteiger partial charge in [0.15, 0.2) is 5.17 Å². The van der Waals surface area contributed by atoms with E-state index in [0.717, 1.165) is 88.1 Å². The van der Waals surface area contributed by atoms with Crippen molar-refractivity contribution in [2.75, 3.05) is 46.5 Å². The summed E-state index contributed by atoms with van der Waals surface area (Å²) in [6.07, 6.45) is 9.29. The number of aliphatic imine (C=N–C) groups is 1. The normalized spacial score (nSPS) is 31.3. The molecule has 4 aliphatic rings. The average molecular weight is 463 g/mol. The second-order valence-corrected chi connectivity index (χ2v) is 10.1. The molecule has 0 bridgehead atoms. The summed E-state index contributed by atoms with van der Waals surface area (Å²) in [4.78, 5) is 23.0. The molecule has 1 amide bonds. The molecule has 0 aromatic heterocycles. The van der Waals surface area contributed by atoms with E-state index in [-0.39, 0.29) is 17.1 Å². The number of ether oxygens (including phenoxy) is 2. The molecule has 2 unspecified atom stereocenters. The van der Waals surface area contributed by atoms with Crippen LogP contribution in [0.5, 0.6) is 0 Å². The van der Waals surface area contributed by atoms with Gasteiger partial charge in [-0.25, -0.2) is 4.99 Å². The molecule has 2 aliphatic heterocycles. The first-order chi connectivity index (χ1) is 15.6. The lowest BCUT2D eigenvalue weighted by molar-refractivity contribution is -0.124. The topological polar surface area (TPSA) is 66.4 Å². The molecule has 0 aromatic rings. The van der Waals surface area contributed by atoms with Gasteiger partial charge in [0.25, 0.3) is 0 Å². The van der Waals surface area contributed by atoms with Crippen LogP contribution in [0.2, 0.25) is 0 Å². The fourth-order valence-electron chi connectivity index (χ4n) is 5.49. The van der Waals surface area contributed by atoms with Crippen LogP contribution < -0.4 is 5.32 Å². The average Bonchev–Trinajstić information content (AvgIpc) is 3.16. The van der Waals surface area contributed by atoms with Crippen LogP contribution >= 0.6 is 11.8 Å². The zero-order chi connectivity index (χ0) is 22.5. The number of hydrogen-bond donors (Lipinski definition) is 1. The third kappa shape index (κ3) is 5.24. The Hall–Kier alpha value is -1.35. The number of methoxy groups -OCH3 is 1. The lowest BCUT2D eigenvalue weighted by atomic mass is 9.84. The second-order valence-electron chi connectivity index (χ2n) is 8.98. The highest BCUT2D eigenvalue weighted by Gasteiger charge is 2.40. The summed E-state index contributed by atoms with van der Waals surface area (Å²) >= 11 is 1.68. The lowest BCUT2D eigenvalue weighted by Gasteiger charge is -2.36. The van der Waals surface area contributed by atoms with Crippen LogP contribution in [0.3, 0.4) is 0 Å². The Balaban J connectivity index is 1.40. The van der Waals surface area contributed by atoms with Gasteiger partial charge < -0.3 is 19.7 Å². The van der Waals surface area contributed by atoms with Gasteiger partial charge in [-0.3, -0.25) is 9.69 Å². The summed E-state index contributed by atoms with van der Waals surface area (Å²) < 4.78 is 11.2. The maximum Gasteiger partial charge on any atom is 0.229 e. The summed E-state index contributed by atoms with van der Waals surface area (Å²) in [5.74, 6) is 1.02. The summed E-state index contributed by atoms with van der Waals surface area (Å²) in [7, 11) is 1.70. The van der Waals surface area contributed by atoms with E-state index in [2.05, 4.69) is 35.0 Å². The molecule has 0 aromatic carbocycles. The Morgan fingerprint density at radius 3 is 2.62 bits per heavy atom. The number of carbonyl (C=O) groups excluding carboxylic acids is 1. The number of fused-ring (bicyclic) bond motifs is 1. The van der Waals surface area contributed by atoms with E-state index in [1.54, 1.807) is 18.9 Å². The number of nitrogens with zero attached hydrogens (tertiary/aromatic N) is 3. The predicted molar refractivity (Wildman–Crippen MR) is 130 cm³/mol. The second kappa shape index (κ2) is 11.2. The Labute approximate surface area is 196 Å². The van der Waals surface area contributed by atoms with Gasteiger partial charge in [-0.2, -0.15) is 0 Å². The van der Waals surface area contributed by atoms with Crippen LogP contribution in [0.1, 0.15) is 46.0 Å². The van der Waals surface area contributed by atoms with E-state index in [9.17, 15) is 4.79 Å². The molecule has 1 N–H and O–H groups in total. The van der Waals surface area contributed by atoms with E-state index < -0.39 is 0 Å². The number of rotatable bonds is 6. The molecule has 178 valence electrons. The highest BCUT2D eigenvalue weighted by atomic mass is 32.2. The molecular weight excluding hydrogens is 424 g/mol. The molecule has 0 radical (unpaired) electrons. The van der Waals surface area contributed by atoms with E-state index >= 15 is 0 Å². The van der Waals surface area contributed by atoms with Gasteiger partial charge in [-0.1, -0.05) is 31.7 Å². The van der Waals surface area contributed by atoms with Gasteiger partial charge in [-0.15, -0.1) is 0 Å². The number of nitrogens with one attached hydrogen (secondary N) is 1. The van der Waals surface area contributed by atoms with Crippen molar-refractivity contribution >= 4 is 22.8 Å². The van der Waals surface area contributed by atoms with Crippen LogP contribution in [-0.4, -0.2) is 84.7 Å². The van der Waals surface area contributed by atoms with Crippen molar-refractivity contribution in [3.8, 4) is 0 Å². The van der Waals surface area contributed by atoms with Gasteiger partial charge in [-0.05, 0) is 51.3 Å². The Morgan fingerprint density at radius 2 is 1.97 bits per heavy atom. The van der Waals surface area contributed by atoms with Crippen molar-refractivity contribution in [1.29, 1.82) is 0 Å². The summed E-state index contributed by atoms with van der Waals surface area (Å²) in [6.45, 7) is 10.0. The van der Waals surface area contributed by atoms with E-state index in [1.807, 2.05) is 6.08 Å². The van der Waals surface area contributed by atoms with Crippen LogP contribution in [-0.2, 0) is 14.3 Å². The number of allylic oxidation sites excluding steroid dienone is 1. The van der Waals surface area contributed by atoms with Crippen molar-refractivity contribution in [1.82, 2.24) is 15.1 Å². The fraction of sp³-hybridized carbons (Fsp3) is 0.750. The van der Waals surface area contributed by atoms with E-state index in [1.165, 1.54) is 0 Å². The van der Waals surface area contributed by atoms with Gasteiger partial charge >= 0.3 is 0 Å². The first kappa shape index (κ1) is 23.8. The fourth-order valence-corrected chi connectivity index (χ4v) is 6.76. The zero-order valence-corrected chi connectivity index (χ0v) is 20.5. The van der Waals surface area contributed by atoms with Gasteiger partial charge in [0.2, 0.25) is 5.91 Å². The standard InChI is InChI=1S/C24H38N4O3S/c1-4-27(5-2)18-11-9-17(10-12-18)23(29)26-24-25-21-20(30-3)8-6-7-19(22(21)32-24)28-13-15-31-16-14-28/h6,8,17-19,22H,4-5,7,9-16H2,1-3H3,(H,25,26,29). The lowest BCUT2D eigenvalue weighted by Crippen LogP contribution is -2.48. The molecule has 4 rings (SSSR count). The number of thioether (sulfide) groups is 1. The molecule has 2 aliphatic carbocycles. The highest BCUT2D eigenvalue weighted by molar-refractivity contribution is 8.15. The van der Waals surface area contributed by atoms with Crippen LogP contribution in [0.15, 0.2) is 28.6 Å². The molecule has 2 heterocycles. The maximum atomic E-state index is 13.1. The smallest absolute Gasteiger partial charge is 0.229 e. The minimum Gasteiger partial charge on any atom is -0.495 e. The first-order valence-electron chi connectivity index (χ1n) is 12.2. The summed E-state index contributed by atoms with van der Waals surface area (Å²) in [5, 5.41) is 4.05. The Bertz CT molecular complexity index is 750. The van der Waals surface area contributed by atoms with Crippen molar-refractivity contribution in [2.45, 2.75) is 63.3 Å². The van der Waals surface area contributed by atoms with Crippen molar-refractivity contribution in [3.05, 3.63) is 23.6 Å². The summed E-state index contributed by atoms with van der Waals surface area (Å²) in [6, 6.07) is 0.944. The number of amidine groups is 1. The molecule has 0 spiro atoms. The van der Waals surface area contributed by atoms with Crippen LogP contribution in [0.4, 0.5) is 0 Å². The predicted octanol–water partition coefficient (Wildman–Crippen LogP) is 2.99. The minimum absolute atomic E-state index is 0.0846. The minimum atomic E-state index is 0.0846. The van der Waals surface area contributed by atoms with Crippen molar-refractivity contribution in [2.24, 2.45) is 10.9 Å². The number of amides is 1. The van der Waals surface area contributed by atoms with E-state index in [0.29, 0.717) is 12.1 Å². The van der Waals surface area contributed by atoms with Crippen molar-refractivity contribution in [3.63, 3.8) is 0 Å². The molecule has 1 saturated heterocycles. The highest BCUT2D eigenvalue weighted by Crippen LogP contribution is 2.39. The third-order valence-corrected chi connectivity index (χ3v) is 8.55. The molecule has 1 saturated carbocycles. The first-order valence-corrected chi connectivity index (χ1v) is 13.1. The van der Waals surface area contributed by atoms with Gasteiger partial charge in [0.1, 0.15) is 11.5 Å².